The van der Waals surface area contributed by atoms with Gasteiger partial charge in [0.05, 0.1) is 7.11 Å². The Balaban J connectivity index is 2.50. The number of nitrogens with one attached hydrogen (secondary N) is 1. The minimum absolute atomic E-state index is 1.01. The standard InChI is InChI=1S/C9H11NO/c1-11-9-4-2-3-8-7(9)5-6-10-8/h2-4,10H,5-6H2,1H3. The highest BCUT2D eigenvalue weighted by Gasteiger charge is 2.13. The molecule has 0 aliphatic carbocycles. The molecule has 1 aromatic carbocycles. The summed E-state index contributed by atoms with van der Waals surface area (Å²) in [5, 5.41) is 3.29. The molecule has 1 heterocycles. The fourth-order valence-electron chi connectivity index (χ4n) is 1.50. The van der Waals surface area contributed by atoms with Crippen LogP contribution in [0.3, 0.4) is 0 Å². The summed E-state index contributed by atoms with van der Waals surface area (Å²) < 4.78 is 5.22. The molecule has 1 aliphatic heterocycles. The normalized spacial score (nSPS) is 13.9. The third-order valence-corrected chi connectivity index (χ3v) is 2.04. The van der Waals surface area contributed by atoms with Gasteiger partial charge in [-0.15, -0.1) is 0 Å². The third-order valence-electron chi connectivity index (χ3n) is 2.04. The van der Waals surface area contributed by atoms with Crippen molar-refractivity contribution in [3.05, 3.63) is 23.8 Å². The van der Waals surface area contributed by atoms with E-state index >= 15 is 0 Å². The van der Waals surface area contributed by atoms with Gasteiger partial charge in [-0.2, -0.15) is 0 Å². The summed E-state index contributed by atoms with van der Waals surface area (Å²) in [6, 6.07) is 6.10. The largest absolute Gasteiger partial charge is 0.496 e. The molecule has 0 spiro atoms. The maximum absolute atomic E-state index is 5.22. The molecule has 1 aliphatic rings. The summed E-state index contributed by atoms with van der Waals surface area (Å²) in [7, 11) is 1.72. The Labute approximate surface area is 66.2 Å². The van der Waals surface area contributed by atoms with Crippen LogP contribution in [-0.2, 0) is 6.42 Å². The van der Waals surface area contributed by atoms with Gasteiger partial charge in [-0.1, -0.05) is 6.07 Å². The van der Waals surface area contributed by atoms with Gasteiger partial charge in [0.1, 0.15) is 5.75 Å². The van der Waals surface area contributed by atoms with E-state index < -0.39 is 0 Å². The van der Waals surface area contributed by atoms with Crippen LogP contribution in [0.2, 0.25) is 0 Å². The number of anilines is 1. The van der Waals surface area contributed by atoms with Gasteiger partial charge in [-0.05, 0) is 18.6 Å². The summed E-state index contributed by atoms with van der Waals surface area (Å²) in [5.41, 5.74) is 2.54. The van der Waals surface area contributed by atoms with Crippen molar-refractivity contribution in [1.29, 1.82) is 0 Å². The molecule has 0 radical (unpaired) electrons. The SMILES string of the molecule is COc1cccc2c1CCN2. The Morgan fingerprint density at radius 2 is 2.36 bits per heavy atom. The fourth-order valence-corrected chi connectivity index (χ4v) is 1.50. The third kappa shape index (κ3) is 0.946. The van der Waals surface area contributed by atoms with Crippen molar-refractivity contribution >= 4 is 5.69 Å². The molecule has 0 saturated carbocycles. The molecule has 0 bridgehead atoms. The van der Waals surface area contributed by atoms with Gasteiger partial charge in [0, 0.05) is 17.8 Å². The van der Waals surface area contributed by atoms with Gasteiger partial charge in [-0.3, -0.25) is 0 Å². The summed E-state index contributed by atoms with van der Waals surface area (Å²) in [5.74, 6) is 1.01. The van der Waals surface area contributed by atoms with Crippen molar-refractivity contribution in [3.8, 4) is 5.75 Å². The average Bonchev–Trinajstić information content (AvgIpc) is 2.50. The Hall–Kier alpha value is -1.18. The van der Waals surface area contributed by atoms with Crippen molar-refractivity contribution in [3.63, 3.8) is 0 Å². The van der Waals surface area contributed by atoms with Crippen LogP contribution >= 0.6 is 0 Å². The number of rotatable bonds is 1. The lowest BCUT2D eigenvalue weighted by molar-refractivity contribution is 0.411. The van der Waals surface area contributed by atoms with Gasteiger partial charge in [0.2, 0.25) is 0 Å². The Morgan fingerprint density at radius 3 is 3.18 bits per heavy atom. The molecule has 2 heteroatoms. The second-order valence-electron chi connectivity index (χ2n) is 2.66. The van der Waals surface area contributed by atoms with Gasteiger partial charge in [-0.25, -0.2) is 0 Å². The van der Waals surface area contributed by atoms with Crippen molar-refractivity contribution in [2.45, 2.75) is 6.42 Å². The Kier molecular flexibility index (Phi) is 1.46. The van der Waals surface area contributed by atoms with E-state index in [1.165, 1.54) is 11.3 Å². The maximum Gasteiger partial charge on any atom is 0.124 e. The van der Waals surface area contributed by atoms with E-state index in [1.807, 2.05) is 12.1 Å². The molecule has 1 aromatic rings. The Bertz CT molecular complexity index is 270. The maximum atomic E-state index is 5.22. The molecule has 0 atom stereocenters. The van der Waals surface area contributed by atoms with Gasteiger partial charge in [0.15, 0.2) is 0 Å². The predicted octanol–water partition coefficient (Wildman–Crippen LogP) is 1.66. The van der Waals surface area contributed by atoms with Crippen LogP contribution in [0.5, 0.6) is 5.75 Å². The van der Waals surface area contributed by atoms with Crippen molar-refractivity contribution < 1.29 is 4.74 Å². The van der Waals surface area contributed by atoms with Gasteiger partial charge >= 0.3 is 0 Å². The minimum Gasteiger partial charge on any atom is -0.496 e. The second-order valence-corrected chi connectivity index (χ2v) is 2.66. The van der Waals surface area contributed by atoms with Crippen LogP contribution in [0.1, 0.15) is 5.56 Å². The van der Waals surface area contributed by atoms with Crippen LogP contribution in [0.25, 0.3) is 0 Å². The van der Waals surface area contributed by atoms with Crippen LogP contribution < -0.4 is 10.1 Å². The predicted molar refractivity (Wildman–Crippen MR) is 45.2 cm³/mol. The highest BCUT2D eigenvalue weighted by Crippen LogP contribution is 2.30. The molecule has 2 rings (SSSR count). The van der Waals surface area contributed by atoms with Gasteiger partial charge in [0.25, 0.3) is 0 Å². The number of methoxy groups -OCH3 is 1. The lowest BCUT2D eigenvalue weighted by Gasteiger charge is -2.04. The molecule has 1 N–H and O–H groups in total. The summed E-state index contributed by atoms with van der Waals surface area (Å²) >= 11 is 0. The van der Waals surface area contributed by atoms with E-state index in [9.17, 15) is 0 Å². The molecule has 0 fully saturated rings. The van der Waals surface area contributed by atoms with Crippen LogP contribution in [-0.4, -0.2) is 13.7 Å². The molecule has 58 valence electrons. The summed E-state index contributed by atoms with van der Waals surface area (Å²) in [6.45, 7) is 1.04. The zero-order valence-corrected chi connectivity index (χ0v) is 6.55. The zero-order chi connectivity index (χ0) is 7.68. The van der Waals surface area contributed by atoms with E-state index in [0.29, 0.717) is 0 Å². The molecule has 0 unspecified atom stereocenters. The number of fused-ring (bicyclic) bond motifs is 1. The van der Waals surface area contributed by atoms with E-state index in [1.54, 1.807) is 7.11 Å². The zero-order valence-electron chi connectivity index (χ0n) is 6.55. The minimum atomic E-state index is 1.01. The lowest BCUT2D eigenvalue weighted by atomic mass is 10.1. The van der Waals surface area contributed by atoms with E-state index in [4.69, 9.17) is 4.74 Å². The first-order valence-corrected chi connectivity index (χ1v) is 3.81. The molecule has 0 amide bonds. The summed E-state index contributed by atoms with van der Waals surface area (Å²) in [4.78, 5) is 0. The molecular formula is C9H11NO. The lowest BCUT2D eigenvalue weighted by Crippen LogP contribution is -1.90. The van der Waals surface area contributed by atoms with Crippen molar-refractivity contribution in [1.82, 2.24) is 0 Å². The van der Waals surface area contributed by atoms with Crippen molar-refractivity contribution in [2.24, 2.45) is 0 Å². The van der Waals surface area contributed by atoms with E-state index in [0.717, 1.165) is 18.7 Å². The monoisotopic (exact) mass is 149 g/mol. The molecular weight excluding hydrogens is 138 g/mol. The first-order valence-electron chi connectivity index (χ1n) is 3.81. The van der Waals surface area contributed by atoms with Crippen LogP contribution in [0, 0.1) is 0 Å². The molecule has 11 heavy (non-hydrogen) atoms. The second kappa shape index (κ2) is 2.46. The first kappa shape index (κ1) is 6.53. The fraction of sp³-hybridized carbons (Fsp3) is 0.333. The quantitative estimate of drug-likeness (QED) is 0.655. The highest BCUT2D eigenvalue weighted by molar-refractivity contribution is 5.60. The highest BCUT2D eigenvalue weighted by atomic mass is 16.5. The number of benzene rings is 1. The topological polar surface area (TPSA) is 21.3 Å². The van der Waals surface area contributed by atoms with Crippen LogP contribution in [0.15, 0.2) is 18.2 Å². The van der Waals surface area contributed by atoms with E-state index in [-0.39, 0.29) is 0 Å². The average molecular weight is 149 g/mol. The molecule has 2 nitrogen and oxygen atoms in total. The van der Waals surface area contributed by atoms with Gasteiger partial charge < -0.3 is 10.1 Å². The summed E-state index contributed by atoms with van der Waals surface area (Å²) in [6.07, 6.45) is 1.08. The number of hydrogen-bond donors (Lipinski definition) is 1. The molecule has 0 saturated heterocycles. The number of hydrogen-bond acceptors (Lipinski definition) is 2. The first-order chi connectivity index (χ1) is 5.42. The Morgan fingerprint density at radius 1 is 1.45 bits per heavy atom. The van der Waals surface area contributed by atoms with Crippen molar-refractivity contribution in [2.75, 3.05) is 19.0 Å². The van der Waals surface area contributed by atoms with Crippen LogP contribution in [0.4, 0.5) is 5.69 Å². The van der Waals surface area contributed by atoms with E-state index in [2.05, 4.69) is 11.4 Å². The number of ether oxygens (including phenoxy) is 1. The smallest absolute Gasteiger partial charge is 0.124 e. The molecule has 0 aromatic heterocycles.